The van der Waals surface area contributed by atoms with Crippen LogP contribution in [0.1, 0.15) is 45.0 Å². The molecule has 3 aromatic rings. The van der Waals surface area contributed by atoms with Crippen molar-refractivity contribution in [3.63, 3.8) is 0 Å². The number of thioether (sulfide) groups is 1. The van der Waals surface area contributed by atoms with Crippen molar-refractivity contribution < 1.29 is 9.32 Å². The molecule has 1 saturated heterocycles. The third-order valence-electron chi connectivity index (χ3n) is 5.62. The number of benzene rings is 1. The second-order valence-electron chi connectivity index (χ2n) is 7.74. The standard InChI is InChI=1S/C23H28N4O2S2/c1-4-22-24-18(14-31-22)13-26-9-11-27(12-10-26)23(28)19-7-5-6-8-21(19)30-15-20-16(2)25-29-17(20)3/h5-8,14H,4,9-13,15H2,1-3H3. The number of hydrogen-bond donors (Lipinski definition) is 0. The van der Waals surface area contributed by atoms with E-state index in [-0.39, 0.29) is 5.91 Å². The molecule has 0 saturated carbocycles. The lowest BCUT2D eigenvalue weighted by molar-refractivity contribution is 0.0624. The first-order chi connectivity index (χ1) is 15.0. The van der Waals surface area contributed by atoms with E-state index < -0.39 is 0 Å². The summed E-state index contributed by atoms with van der Waals surface area (Å²) in [5.74, 6) is 1.70. The molecule has 1 aliphatic rings. The van der Waals surface area contributed by atoms with Gasteiger partial charge in [-0.1, -0.05) is 24.2 Å². The van der Waals surface area contributed by atoms with Crippen molar-refractivity contribution in [2.45, 2.75) is 44.4 Å². The second-order valence-corrected chi connectivity index (χ2v) is 9.70. The quantitative estimate of drug-likeness (QED) is 0.486. The number of hydrogen-bond acceptors (Lipinski definition) is 7. The maximum absolute atomic E-state index is 13.3. The molecule has 1 amide bonds. The molecule has 0 atom stereocenters. The molecule has 0 aliphatic carbocycles. The zero-order valence-corrected chi connectivity index (χ0v) is 19.9. The summed E-state index contributed by atoms with van der Waals surface area (Å²) >= 11 is 3.40. The Labute approximate surface area is 191 Å². The van der Waals surface area contributed by atoms with E-state index in [4.69, 9.17) is 4.52 Å². The summed E-state index contributed by atoms with van der Waals surface area (Å²) < 4.78 is 5.27. The minimum Gasteiger partial charge on any atom is -0.361 e. The largest absolute Gasteiger partial charge is 0.361 e. The van der Waals surface area contributed by atoms with Gasteiger partial charge in [-0.25, -0.2) is 4.98 Å². The van der Waals surface area contributed by atoms with Gasteiger partial charge in [-0.15, -0.1) is 23.1 Å². The maximum atomic E-state index is 13.3. The van der Waals surface area contributed by atoms with Gasteiger partial charge in [0.1, 0.15) is 5.76 Å². The van der Waals surface area contributed by atoms with Crippen LogP contribution in [0.4, 0.5) is 0 Å². The summed E-state index contributed by atoms with van der Waals surface area (Å²) in [6, 6.07) is 7.89. The first-order valence-electron chi connectivity index (χ1n) is 10.6. The average Bonchev–Trinajstić information content (AvgIpc) is 3.38. The van der Waals surface area contributed by atoms with Crippen LogP contribution >= 0.6 is 23.1 Å². The van der Waals surface area contributed by atoms with E-state index in [1.807, 2.05) is 43.0 Å². The summed E-state index contributed by atoms with van der Waals surface area (Å²) in [5, 5.41) is 7.38. The monoisotopic (exact) mass is 456 g/mol. The van der Waals surface area contributed by atoms with Crippen LogP contribution in [0.2, 0.25) is 0 Å². The van der Waals surface area contributed by atoms with Crippen molar-refractivity contribution in [2.75, 3.05) is 26.2 Å². The van der Waals surface area contributed by atoms with Crippen LogP contribution < -0.4 is 0 Å². The molecular formula is C23H28N4O2S2. The molecule has 6 nitrogen and oxygen atoms in total. The van der Waals surface area contributed by atoms with Gasteiger partial charge in [-0.3, -0.25) is 9.69 Å². The molecule has 0 spiro atoms. The summed E-state index contributed by atoms with van der Waals surface area (Å²) in [7, 11) is 0. The molecule has 31 heavy (non-hydrogen) atoms. The molecule has 1 aliphatic heterocycles. The third-order valence-corrected chi connectivity index (χ3v) is 7.76. The topological polar surface area (TPSA) is 62.5 Å². The van der Waals surface area contributed by atoms with Crippen LogP contribution in [0, 0.1) is 13.8 Å². The van der Waals surface area contributed by atoms with Gasteiger partial charge < -0.3 is 9.42 Å². The molecule has 0 radical (unpaired) electrons. The molecule has 2 aromatic heterocycles. The number of piperazine rings is 1. The highest BCUT2D eigenvalue weighted by Gasteiger charge is 2.24. The Hall–Kier alpha value is -2.16. The van der Waals surface area contributed by atoms with Crippen LogP contribution in [-0.2, 0) is 18.7 Å². The summed E-state index contributed by atoms with van der Waals surface area (Å²) in [5.41, 5.74) is 3.94. The molecule has 4 rings (SSSR count). The number of carbonyl (C=O) groups is 1. The lowest BCUT2D eigenvalue weighted by atomic mass is 10.1. The number of rotatable bonds is 7. The first kappa shape index (κ1) is 22.0. The first-order valence-corrected chi connectivity index (χ1v) is 12.5. The number of carbonyl (C=O) groups excluding carboxylic acids is 1. The van der Waals surface area contributed by atoms with Gasteiger partial charge in [0.05, 0.1) is 22.0 Å². The van der Waals surface area contributed by atoms with Crippen molar-refractivity contribution in [1.82, 2.24) is 19.9 Å². The molecular weight excluding hydrogens is 428 g/mol. The molecule has 1 fully saturated rings. The minimum atomic E-state index is 0.114. The number of amides is 1. The van der Waals surface area contributed by atoms with Gasteiger partial charge in [-0.05, 0) is 32.4 Å². The molecule has 3 heterocycles. The molecule has 0 unspecified atom stereocenters. The highest BCUT2D eigenvalue weighted by atomic mass is 32.2. The lowest BCUT2D eigenvalue weighted by Crippen LogP contribution is -2.48. The molecule has 0 N–H and O–H groups in total. The van der Waals surface area contributed by atoms with E-state index in [9.17, 15) is 4.79 Å². The van der Waals surface area contributed by atoms with Crippen LogP contribution in [0.3, 0.4) is 0 Å². The molecule has 0 bridgehead atoms. The van der Waals surface area contributed by atoms with E-state index in [0.717, 1.165) is 78.1 Å². The molecule has 1 aromatic carbocycles. The Morgan fingerprint density at radius 2 is 1.97 bits per heavy atom. The normalized spacial score (nSPS) is 14.9. The van der Waals surface area contributed by atoms with Crippen molar-refractivity contribution in [2.24, 2.45) is 0 Å². The van der Waals surface area contributed by atoms with Gasteiger partial charge in [0.2, 0.25) is 0 Å². The fourth-order valence-corrected chi connectivity index (χ4v) is 5.65. The zero-order chi connectivity index (χ0) is 21.8. The SMILES string of the molecule is CCc1nc(CN2CCN(C(=O)c3ccccc3SCc3c(C)noc3C)CC2)cs1. The number of thiazole rings is 1. The third kappa shape index (κ3) is 5.19. The fraction of sp³-hybridized carbons (Fsp3) is 0.435. The van der Waals surface area contributed by atoms with Crippen LogP contribution in [0.25, 0.3) is 0 Å². The minimum absolute atomic E-state index is 0.114. The zero-order valence-electron chi connectivity index (χ0n) is 18.3. The number of aryl methyl sites for hydroxylation is 3. The van der Waals surface area contributed by atoms with Crippen LogP contribution in [0.15, 0.2) is 39.1 Å². The number of nitrogens with zero attached hydrogens (tertiary/aromatic N) is 4. The van der Waals surface area contributed by atoms with Crippen molar-refractivity contribution in [1.29, 1.82) is 0 Å². The molecule has 8 heteroatoms. The summed E-state index contributed by atoms with van der Waals surface area (Å²) in [6.07, 6.45) is 0.987. The Morgan fingerprint density at radius 1 is 1.19 bits per heavy atom. The van der Waals surface area contributed by atoms with Crippen molar-refractivity contribution in [3.05, 3.63) is 62.9 Å². The highest BCUT2D eigenvalue weighted by molar-refractivity contribution is 7.98. The predicted octanol–water partition coefficient (Wildman–Crippen LogP) is 4.56. The number of aromatic nitrogens is 2. The Kier molecular flexibility index (Phi) is 7.09. The van der Waals surface area contributed by atoms with Gasteiger partial charge in [-0.2, -0.15) is 0 Å². The van der Waals surface area contributed by atoms with Gasteiger partial charge in [0, 0.05) is 54.3 Å². The van der Waals surface area contributed by atoms with Gasteiger partial charge in [0.25, 0.3) is 5.91 Å². The van der Waals surface area contributed by atoms with E-state index in [0.29, 0.717) is 0 Å². The van der Waals surface area contributed by atoms with Gasteiger partial charge >= 0.3 is 0 Å². The van der Waals surface area contributed by atoms with Crippen LogP contribution in [0.5, 0.6) is 0 Å². The Balaban J connectivity index is 1.36. The van der Waals surface area contributed by atoms with E-state index >= 15 is 0 Å². The average molecular weight is 457 g/mol. The summed E-state index contributed by atoms with van der Waals surface area (Å²) in [6.45, 7) is 10.1. The van der Waals surface area contributed by atoms with Crippen LogP contribution in [-0.4, -0.2) is 52.0 Å². The highest BCUT2D eigenvalue weighted by Crippen LogP contribution is 2.29. The molecule has 164 valence electrons. The maximum Gasteiger partial charge on any atom is 0.255 e. The van der Waals surface area contributed by atoms with Crippen molar-refractivity contribution in [3.8, 4) is 0 Å². The van der Waals surface area contributed by atoms with E-state index in [1.165, 1.54) is 5.01 Å². The van der Waals surface area contributed by atoms with Crippen molar-refractivity contribution >= 4 is 29.0 Å². The summed E-state index contributed by atoms with van der Waals surface area (Å²) in [4.78, 5) is 23.3. The predicted molar refractivity (Wildman–Crippen MR) is 125 cm³/mol. The second kappa shape index (κ2) is 9.97. The van der Waals surface area contributed by atoms with E-state index in [1.54, 1.807) is 23.1 Å². The van der Waals surface area contributed by atoms with Gasteiger partial charge in [0.15, 0.2) is 0 Å². The Morgan fingerprint density at radius 3 is 2.65 bits per heavy atom. The smallest absolute Gasteiger partial charge is 0.255 e. The fourth-order valence-electron chi connectivity index (χ4n) is 3.72. The van der Waals surface area contributed by atoms with E-state index in [2.05, 4.69) is 27.3 Å². The lowest BCUT2D eigenvalue weighted by Gasteiger charge is -2.34. The Bertz CT molecular complexity index is 1020.